The van der Waals surface area contributed by atoms with Crippen molar-refractivity contribution < 1.29 is 10.0 Å². The Bertz CT molecular complexity index is 6670. The predicted molar refractivity (Wildman–Crippen MR) is 477 cm³/mol. The third kappa shape index (κ3) is 14.1. The molecule has 0 spiro atoms. The number of halogens is 1. The van der Waals surface area contributed by atoms with E-state index in [4.69, 9.17) is 0 Å². The Labute approximate surface area is 660 Å². The summed E-state index contributed by atoms with van der Waals surface area (Å²) >= 11 is 3.58. The number of anilines is 6. The Balaban J connectivity index is 0.000000129. The molecule has 532 valence electrons. The van der Waals surface area contributed by atoms with Gasteiger partial charge in [0.25, 0.3) is 0 Å². The summed E-state index contributed by atoms with van der Waals surface area (Å²) in [5, 5.41) is 28.5. The maximum atomic E-state index is 9.43. The van der Waals surface area contributed by atoms with Crippen molar-refractivity contribution in [2.45, 2.75) is 0 Å². The van der Waals surface area contributed by atoms with Gasteiger partial charge in [-0.25, -0.2) is 0 Å². The molecule has 20 rings (SSSR count). The van der Waals surface area contributed by atoms with Crippen molar-refractivity contribution in [2.75, 3.05) is 9.80 Å². The van der Waals surface area contributed by atoms with Crippen LogP contribution in [0.15, 0.2) is 441 Å². The first-order valence-corrected chi connectivity index (χ1v) is 38.6. The predicted octanol–water partition coefficient (Wildman–Crippen LogP) is 27.3. The summed E-state index contributed by atoms with van der Waals surface area (Å²) in [6.07, 6.45) is 0. The molecule has 112 heavy (non-hydrogen) atoms. The number of nitrogens with zero attached hydrogens (tertiary/aromatic N) is 4. The Morgan fingerprint density at radius 1 is 0.214 bits per heavy atom. The molecule has 6 nitrogen and oxygen atoms in total. The van der Waals surface area contributed by atoms with E-state index in [9.17, 15) is 10.0 Å². The first-order chi connectivity index (χ1) is 55.3. The van der Waals surface area contributed by atoms with Crippen LogP contribution in [0.2, 0.25) is 0 Å². The summed E-state index contributed by atoms with van der Waals surface area (Å²) in [5.74, 6) is 0. The van der Waals surface area contributed by atoms with Crippen LogP contribution in [0.1, 0.15) is 0 Å². The molecule has 0 saturated heterocycles. The summed E-state index contributed by atoms with van der Waals surface area (Å²) in [5.41, 5.74) is 26.1. The van der Waals surface area contributed by atoms with Crippen LogP contribution in [-0.2, 0) is 0 Å². The zero-order valence-electron chi connectivity index (χ0n) is 61.2. The van der Waals surface area contributed by atoms with Gasteiger partial charge >= 0.3 is 7.12 Å². The van der Waals surface area contributed by atoms with Gasteiger partial charge in [-0.05, 0) is 222 Å². The van der Waals surface area contributed by atoms with Gasteiger partial charge in [0, 0.05) is 71.5 Å². The van der Waals surface area contributed by atoms with Crippen molar-refractivity contribution in [2.24, 2.45) is 0 Å². The van der Waals surface area contributed by atoms with E-state index in [-0.39, 0.29) is 0 Å². The fraction of sp³-hybridized carbons (Fsp3) is 0. The van der Waals surface area contributed by atoms with Crippen LogP contribution in [-0.4, -0.2) is 26.3 Å². The van der Waals surface area contributed by atoms with E-state index in [2.05, 4.69) is 423 Å². The highest BCUT2D eigenvalue weighted by Gasteiger charge is 2.21. The second-order valence-electron chi connectivity index (χ2n) is 27.9. The van der Waals surface area contributed by atoms with Crippen molar-refractivity contribution >= 4 is 128 Å². The van der Waals surface area contributed by atoms with E-state index in [0.717, 1.165) is 66.1 Å². The molecule has 0 bridgehead atoms. The average Bonchev–Trinajstić information content (AvgIpc) is 1.59. The quantitative estimate of drug-likeness (QED) is 0.107. The van der Waals surface area contributed by atoms with Gasteiger partial charge in [0.1, 0.15) is 0 Å². The molecule has 0 radical (unpaired) electrons. The van der Waals surface area contributed by atoms with Crippen molar-refractivity contribution in [3.05, 3.63) is 441 Å². The Morgan fingerprint density at radius 3 is 0.902 bits per heavy atom. The van der Waals surface area contributed by atoms with Crippen LogP contribution in [0.5, 0.6) is 0 Å². The number of fused-ring (bicyclic) bond motifs is 8. The minimum atomic E-state index is -1.46. The first kappa shape index (κ1) is 69.9. The molecule has 0 fully saturated rings. The average molecular weight is 1500 g/mol. The second kappa shape index (κ2) is 31.4. The third-order valence-corrected chi connectivity index (χ3v) is 21.7. The molecule has 8 heteroatoms. The van der Waals surface area contributed by atoms with E-state index in [1.165, 1.54) is 105 Å². The summed E-state index contributed by atoms with van der Waals surface area (Å²) < 4.78 is 5.62. The Kier molecular flexibility index (Phi) is 19.6. The van der Waals surface area contributed by atoms with Gasteiger partial charge in [0.2, 0.25) is 0 Å². The van der Waals surface area contributed by atoms with Crippen LogP contribution in [0.25, 0.3) is 132 Å². The van der Waals surface area contributed by atoms with Gasteiger partial charge in [-0.15, -0.1) is 0 Å². The molecule has 0 saturated carbocycles. The highest BCUT2D eigenvalue weighted by atomic mass is 79.9. The summed E-state index contributed by atoms with van der Waals surface area (Å²) in [6.45, 7) is 0. The fourth-order valence-corrected chi connectivity index (χ4v) is 16.0. The number of benzene rings is 18. The van der Waals surface area contributed by atoms with E-state index in [0.29, 0.717) is 5.46 Å². The highest BCUT2D eigenvalue weighted by molar-refractivity contribution is 9.10. The third-order valence-electron chi connectivity index (χ3n) is 21.2. The van der Waals surface area contributed by atoms with Crippen LogP contribution in [0, 0.1) is 0 Å². The monoisotopic (exact) mass is 1500 g/mol. The zero-order chi connectivity index (χ0) is 75.3. The van der Waals surface area contributed by atoms with Gasteiger partial charge in [-0.3, -0.25) is 0 Å². The molecule has 20 aromatic rings. The Morgan fingerprint density at radius 2 is 0.500 bits per heavy atom. The lowest BCUT2D eigenvalue weighted by atomic mass is 9.80. The SMILES string of the molecule is Brc1ccc(N(c2ccc(-c3ccccc3)cc2)c2ccc(-c3cccc4ccccc34)cc2)cc1.OB(O)c1ccc2c(c1)c1ccccc1n2-c1ccccc1.c1ccc(-c2ccc(N(c3ccc(-c4ccc5c(c4)c4ccccc4n5-c4ccccc4)cc3)c3ccc(-c4cccc5ccccc45)cc3)cc2)cc1. The molecule has 0 aliphatic heterocycles. The topological polar surface area (TPSA) is 56.8 Å². The minimum absolute atomic E-state index is 0.503. The van der Waals surface area contributed by atoms with E-state index < -0.39 is 7.12 Å². The lowest BCUT2D eigenvalue weighted by Gasteiger charge is -2.26. The summed E-state index contributed by atoms with van der Waals surface area (Å²) in [6, 6.07) is 154. The minimum Gasteiger partial charge on any atom is -0.423 e. The van der Waals surface area contributed by atoms with E-state index in [1.54, 1.807) is 6.07 Å². The van der Waals surface area contributed by atoms with E-state index >= 15 is 0 Å². The number of hydrogen-bond acceptors (Lipinski definition) is 4. The highest BCUT2D eigenvalue weighted by Crippen LogP contribution is 2.43. The maximum Gasteiger partial charge on any atom is 0.488 e. The molecule has 2 aromatic heterocycles. The number of hydrogen-bond donors (Lipinski definition) is 2. The standard InChI is InChI=1S/C52H36N2.C34H24BrN.C18H14BNO2/c1-3-12-37(13-4-1)38-22-29-44(30-23-38)53(46-33-26-41(27-34-46)48-20-11-15-40-14-7-8-18-47(40)48)45-31-24-39(25-32-45)42-28-35-52-50(36-42)49-19-9-10-21-51(49)54(52)43-16-5-2-6-17-43;35-29-17-23-32(24-18-29)36(30-19-13-26(14-20-30)25-7-2-1-3-8-25)31-21-15-28(16-22-31)34-12-6-10-27-9-4-5-11-33(27)34;21-19(22)13-10-11-18-16(12-13)15-8-4-5-9-17(15)20(18)14-6-2-1-3-7-14/h1-36H;1-24H;1-12,21-22H. The Hall–Kier alpha value is -13.9. The molecular weight excluding hydrogens is 1430 g/mol. The van der Waals surface area contributed by atoms with Crippen molar-refractivity contribution in [3.63, 3.8) is 0 Å². The van der Waals surface area contributed by atoms with Crippen LogP contribution in [0.3, 0.4) is 0 Å². The van der Waals surface area contributed by atoms with Gasteiger partial charge in [0.05, 0.1) is 22.1 Å². The van der Waals surface area contributed by atoms with Gasteiger partial charge < -0.3 is 29.0 Å². The molecule has 18 aromatic carbocycles. The maximum absolute atomic E-state index is 9.43. The zero-order valence-corrected chi connectivity index (χ0v) is 62.8. The number of para-hydroxylation sites is 4. The number of aromatic nitrogens is 2. The fourth-order valence-electron chi connectivity index (χ4n) is 15.7. The summed E-state index contributed by atoms with van der Waals surface area (Å²) in [4.78, 5) is 4.65. The molecular formula is C104H74BBrN4O2. The van der Waals surface area contributed by atoms with Crippen LogP contribution >= 0.6 is 15.9 Å². The van der Waals surface area contributed by atoms with Gasteiger partial charge in [0.15, 0.2) is 0 Å². The van der Waals surface area contributed by atoms with Crippen molar-refractivity contribution in [3.8, 4) is 67.0 Å². The van der Waals surface area contributed by atoms with Gasteiger partial charge in [-0.1, -0.05) is 313 Å². The van der Waals surface area contributed by atoms with Crippen molar-refractivity contribution in [1.29, 1.82) is 0 Å². The molecule has 0 atom stereocenters. The molecule has 0 amide bonds. The smallest absolute Gasteiger partial charge is 0.423 e. The van der Waals surface area contributed by atoms with Crippen molar-refractivity contribution in [1.82, 2.24) is 9.13 Å². The van der Waals surface area contributed by atoms with Gasteiger partial charge in [-0.2, -0.15) is 0 Å². The molecule has 2 N–H and O–H groups in total. The molecule has 0 aliphatic rings. The largest absolute Gasteiger partial charge is 0.488 e. The normalized spacial score (nSPS) is 11.2. The number of rotatable bonds is 14. The first-order valence-electron chi connectivity index (χ1n) is 37.8. The van der Waals surface area contributed by atoms with E-state index in [1.807, 2.05) is 42.5 Å². The van der Waals surface area contributed by atoms with Crippen LogP contribution < -0.4 is 15.3 Å². The molecule has 2 heterocycles. The summed E-state index contributed by atoms with van der Waals surface area (Å²) in [7, 11) is -1.46. The second-order valence-corrected chi connectivity index (χ2v) is 28.8. The lowest BCUT2D eigenvalue weighted by molar-refractivity contribution is 0.426. The molecule has 0 unspecified atom stereocenters. The lowest BCUT2D eigenvalue weighted by Crippen LogP contribution is -2.29. The van der Waals surface area contributed by atoms with Crippen LogP contribution in [0.4, 0.5) is 34.1 Å². The molecule has 0 aliphatic carbocycles.